The first kappa shape index (κ1) is 15.8. The molecule has 130 valence electrons. The average molecular weight is 340 g/mol. The summed E-state index contributed by atoms with van der Waals surface area (Å²) in [6, 6.07) is 3.48. The van der Waals surface area contributed by atoms with Crippen LogP contribution in [0.3, 0.4) is 0 Å². The summed E-state index contributed by atoms with van der Waals surface area (Å²) in [7, 11) is 0. The summed E-state index contributed by atoms with van der Waals surface area (Å²) in [5, 5.41) is 0. The second kappa shape index (κ2) is 5.98. The molecule has 0 radical (unpaired) electrons. The molecule has 2 aromatic heterocycles. The van der Waals surface area contributed by atoms with E-state index in [0.29, 0.717) is 31.2 Å². The molecule has 25 heavy (non-hydrogen) atoms. The van der Waals surface area contributed by atoms with E-state index in [2.05, 4.69) is 9.97 Å². The van der Waals surface area contributed by atoms with Crippen LogP contribution in [0, 0.1) is 12.3 Å². The van der Waals surface area contributed by atoms with Crippen molar-refractivity contribution in [3.8, 4) is 0 Å². The highest BCUT2D eigenvalue weighted by Crippen LogP contribution is 2.41. The standard InChI is InChI=1S/C18H20N4O3/c1-13-3-4-15(25-13)16(23)21-7-2-5-18(11-21)6-8-22(17(18)24)14-9-19-12-20-10-14/h3-4,9-10,12H,2,5-8,11H2,1H3/t18-/m0/s1. The lowest BCUT2D eigenvalue weighted by Crippen LogP contribution is -2.49. The van der Waals surface area contributed by atoms with Gasteiger partial charge in [0.2, 0.25) is 5.91 Å². The summed E-state index contributed by atoms with van der Waals surface area (Å²) in [6.45, 7) is 3.54. The number of carbonyl (C=O) groups excluding carboxylic acids is 2. The second-order valence-corrected chi connectivity index (χ2v) is 6.82. The highest BCUT2D eigenvalue weighted by Gasteiger charge is 2.50. The van der Waals surface area contributed by atoms with Crippen molar-refractivity contribution in [2.45, 2.75) is 26.2 Å². The van der Waals surface area contributed by atoms with E-state index in [9.17, 15) is 9.59 Å². The third-order valence-electron chi connectivity index (χ3n) is 5.19. The van der Waals surface area contributed by atoms with Gasteiger partial charge in [0.15, 0.2) is 5.76 Å². The maximum Gasteiger partial charge on any atom is 0.289 e. The Morgan fingerprint density at radius 3 is 2.72 bits per heavy atom. The number of piperidine rings is 1. The maximum absolute atomic E-state index is 13.1. The first-order valence-corrected chi connectivity index (χ1v) is 8.52. The van der Waals surface area contributed by atoms with Gasteiger partial charge in [0.1, 0.15) is 12.1 Å². The summed E-state index contributed by atoms with van der Waals surface area (Å²) in [6.07, 6.45) is 7.11. The molecule has 2 aliphatic heterocycles. The van der Waals surface area contributed by atoms with Crippen LogP contribution in [0.5, 0.6) is 0 Å². The van der Waals surface area contributed by atoms with Gasteiger partial charge in [0, 0.05) is 19.6 Å². The van der Waals surface area contributed by atoms with Gasteiger partial charge in [0.25, 0.3) is 5.91 Å². The zero-order valence-corrected chi connectivity index (χ0v) is 14.1. The van der Waals surface area contributed by atoms with E-state index in [1.54, 1.807) is 34.3 Å². The first-order valence-electron chi connectivity index (χ1n) is 8.52. The molecule has 2 amide bonds. The van der Waals surface area contributed by atoms with E-state index in [0.717, 1.165) is 24.9 Å². The largest absolute Gasteiger partial charge is 0.456 e. The van der Waals surface area contributed by atoms with Crippen molar-refractivity contribution in [3.63, 3.8) is 0 Å². The molecular formula is C18H20N4O3. The minimum atomic E-state index is -0.509. The van der Waals surface area contributed by atoms with Crippen LogP contribution in [0.2, 0.25) is 0 Å². The number of aromatic nitrogens is 2. The van der Waals surface area contributed by atoms with E-state index in [1.165, 1.54) is 6.33 Å². The van der Waals surface area contributed by atoms with Crippen LogP contribution in [-0.2, 0) is 4.79 Å². The quantitative estimate of drug-likeness (QED) is 0.836. The third-order valence-corrected chi connectivity index (χ3v) is 5.19. The smallest absolute Gasteiger partial charge is 0.289 e. The number of hydrogen-bond acceptors (Lipinski definition) is 5. The van der Waals surface area contributed by atoms with Crippen LogP contribution in [0.4, 0.5) is 5.69 Å². The molecule has 2 aromatic rings. The SMILES string of the molecule is Cc1ccc(C(=O)N2CCC[C@]3(CCN(c4cncnc4)C3=O)C2)o1. The summed E-state index contributed by atoms with van der Waals surface area (Å²) in [4.78, 5) is 37.3. The number of amides is 2. The van der Waals surface area contributed by atoms with Crippen LogP contribution in [0.25, 0.3) is 0 Å². The molecule has 0 saturated carbocycles. The molecule has 0 unspecified atom stereocenters. The molecule has 4 heterocycles. The molecule has 7 heteroatoms. The Morgan fingerprint density at radius 2 is 2.00 bits per heavy atom. The first-order chi connectivity index (χ1) is 12.1. The molecule has 0 aromatic carbocycles. The van der Waals surface area contributed by atoms with Crippen molar-refractivity contribution < 1.29 is 14.0 Å². The van der Waals surface area contributed by atoms with Gasteiger partial charge in [-0.25, -0.2) is 9.97 Å². The van der Waals surface area contributed by atoms with E-state index in [1.807, 2.05) is 6.92 Å². The number of nitrogens with zero attached hydrogens (tertiary/aromatic N) is 4. The number of rotatable bonds is 2. The predicted octanol–water partition coefficient (Wildman–Crippen LogP) is 2.04. The fourth-order valence-electron chi connectivity index (χ4n) is 3.89. The van der Waals surface area contributed by atoms with E-state index < -0.39 is 5.41 Å². The molecule has 1 spiro atoms. The minimum Gasteiger partial charge on any atom is -0.456 e. The summed E-state index contributed by atoms with van der Waals surface area (Å²) >= 11 is 0. The van der Waals surface area contributed by atoms with Gasteiger partial charge >= 0.3 is 0 Å². The van der Waals surface area contributed by atoms with Crippen LogP contribution in [0.1, 0.15) is 35.6 Å². The average Bonchev–Trinajstić information content (AvgIpc) is 3.20. The lowest BCUT2D eigenvalue weighted by Gasteiger charge is -2.38. The molecule has 0 aliphatic carbocycles. The van der Waals surface area contributed by atoms with Crippen molar-refractivity contribution in [2.24, 2.45) is 5.41 Å². The zero-order chi connectivity index (χ0) is 17.4. The molecule has 4 rings (SSSR count). The van der Waals surface area contributed by atoms with E-state index in [4.69, 9.17) is 4.42 Å². The highest BCUT2D eigenvalue weighted by atomic mass is 16.3. The van der Waals surface area contributed by atoms with Crippen molar-refractivity contribution in [3.05, 3.63) is 42.4 Å². The Morgan fingerprint density at radius 1 is 1.20 bits per heavy atom. The zero-order valence-electron chi connectivity index (χ0n) is 14.1. The molecule has 1 atom stereocenters. The molecule has 2 saturated heterocycles. The molecule has 2 fully saturated rings. The van der Waals surface area contributed by atoms with Gasteiger partial charge in [-0.2, -0.15) is 0 Å². The van der Waals surface area contributed by atoms with Crippen molar-refractivity contribution in [1.82, 2.24) is 14.9 Å². The van der Waals surface area contributed by atoms with E-state index in [-0.39, 0.29) is 11.8 Å². The molecule has 2 aliphatic rings. The Kier molecular flexibility index (Phi) is 3.78. The Hall–Kier alpha value is -2.70. The fraction of sp³-hybridized carbons (Fsp3) is 0.444. The minimum absolute atomic E-state index is 0.0652. The molecular weight excluding hydrogens is 320 g/mol. The van der Waals surface area contributed by atoms with Crippen LogP contribution in [0.15, 0.2) is 35.3 Å². The number of aryl methyl sites for hydroxylation is 1. The maximum atomic E-state index is 13.1. The third kappa shape index (κ3) is 2.69. The van der Waals surface area contributed by atoms with Crippen LogP contribution >= 0.6 is 0 Å². The Balaban J connectivity index is 1.54. The normalized spacial score (nSPS) is 23.5. The Labute approximate surface area is 145 Å². The fourth-order valence-corrected chi connectivity index (χ4v) is 3.89. The van der Waals surface area contributed by atoms with E-state index >= 15 is 0 Å². The second-order valence-electron chi connectivity index (χ2n) is 6.82. The number of carbonyl (C=O) groups is 2. The van der Waals surface area contributed by atoms with Crippen LogP contribution in [-0.4, -0.2) is 46.3 Å². The highest BCUT2D eigenvalue weighted by molar-refractivity contribution is 6.00. The van der Waals surface area contributed by atoms with Crippen LogP contribution < -0.4 is 4.90 Å². The van der Waals surface area contributed by atoms with Gasteiger partial charge in [-0.05, 0) is 38.3 Å². The summed E-state index contributed by atoms with van der Waals surface area (Å²) < 4.78 is 5.46. The lowest BCUT2D eigenvalue weighted by atomic mass is 9.78. The van der Waals surface area contributed by atoms with Gasteiger partial charge in [-0.3, -0.25) is 9.59 Å². The van der Waals surface area contributed by atoms with Gasteiger partial charge in [-0.15, -0.1) is 0 Å². The molecule has 0 N–H and O–H groups in total. The van der Waals surface area contributed by atoms with Gasteiger partial charge in [0.05, 0.1) is 23.5 Å². The topological polar surface area (TPSA) is 79.5 Å². The lowest BCUT2D eigenvalue weighted by molar-refractivity contribution is -0.127. The number of furan rings is 1. The summed E-state index contributed by atoms with van der Waals surface area (Å²) in [5.41, 5.74) is 0.209. The van der Waals surface area contributed by atoms with Crippen molar-refractivity contribution in [2.75, 3.05) is 24.5 Å². The number of hydrogen-bond donors (Lipinski definition) is 0. The number of likely N-dealkylation sites (tertiary alicyclic amines) is 1. The van der Waals surface area contributed by atoms with Crippen molar-refractivity contribution >= 4 is 17.5 Å². The molecule has 7 nitrogen and oxygen atoms in total. The predicted molar refractivity (Wildman–Crippen MR) is 90.0 cm³/mol. The molecule has 0 bridgehead atoms. The number of anilines is 1. The summed E-state index contributed by atoms with van der Waals surface area (Å²) in [5.74, 6) is 0.979. The van der Waals surface area contributed by atoms with Gasteiger partial charge in [-0.1, -0.05) is 0 Å². The van der Waals surface area contributed by atoms with Crippen molar-refractivity contribution in [1.29, 1.82) is 0 Å². The Bertz CT molecular complexity index is 804. The van der Waals surface area contributed by atoms with Gasteiger partial charge < -0.3 is 14.2 Å². The monoisotopic (exact) mass is 340 g/mol.